The van der Waals surface area contributed by atoms with E-state index in [1.54, 1.807) is 41.3 Å². The number of nitrogens with one attached hydrogen (secondary N) is 2. The molecular formula is C19H24ClN3O3. The summed E-state index contributed by atoms with van der Waals surface area (Å²) < 4.78 is 0. The molecule has 1 saturated heterocycles. The Morgan fingerprint density at radius 3 is 2.69 bits per heavy atom. The highest BCUT2D eigenvalue weighted by atomic mass is 35.5. The van der Waals surface area contributed by atoms with E-state index in [2.05, 4.69) is 10.6 Å². The normalized spacial score (nSPS) is 19.6. The van der Waals surface area contributed by atoms with Crippen molar-refractivity contribution in [3.8, 4) is 0 Å². The SMILES string of the molecule is C/C=C/CC(=O)N1C[C@@H](NC(=O)c2ccccc2Cl)C[C@H]1C(=O)NCC. The molecule has 1 heterocycles. The molecule has 6 nitrogen and oxygen atoms in total. The van der Waals surface area contributed by atoms with Crippen molar-refractivity contribution in [2.75, 3.05) is 13.1 Å². The van der Waals surface area contributed by atoms with Crippen LogP contribution in [-0.2, 0) is 9.59 Å². The Morgan fingerprint density at radius 1 is 1.31 bits per heavy atom. The summed E-state index contributed by atoms with van der Waals surface area (Å²) in [4.78, 5) is 38.8. The number of hydrogen-bond donors (Lipinski definition) is 2. The van der Waals surface area contributed by atoms with E-state index >= 15 is 0 Å². The Kier molecular flexibility index (Phi) is 7.21. The van der Waals surface area contributed by atoms with Crippen molar-refractivity contribution in [3.63, 3.8) is 0 Å². The smallest absolute Gasteiger partial charge is 0.253 e. The Bertz CT molecular complexity index is 705. The van der Waals surface area contributed by atoms with Gasteiger partial charge in [-0.05, 0) is 32.4 Å². The first-order chi connectivity index (χ1) is 12.5. The summed E-state index contributed by atoms with van der Waals surface area (Å²) in [7, 11) is 0. The van der Waals surface area contributed by atoms with Crippen LogP contribution < -0.4 is 10.6 Å². The van der Waals surface area contributed by atoms with Crippen molar-refractivity contribution in [1.29, 1.82) is 0 Å². The van der Waals surface area contributed by atoms with Gasteiger partial charge in [0.05, 0.1) is 10.6 Å². The Hall–Kier alpha value is -2.34. The van der Waals surface area contributed by atoms with Crippen LogP contribution in [0.3, 0.4) is 0 Å². The minimum atomic E-state index is -0.579. The Labute approximate surface area is 158 Å². The molecule has 26 heavy (non-hydrogen) atoms. The van der Waals surface area contributed by atoms with Crippen LogP contribution in [0, 0.1) is 0 Å². The standard InChI is InChI=1S/C19H24ClN3O3/c1-3-5-10-17(24)23-12-13(11-16(23)19(26)21-4-2)22-18(25)14-8-6-7-9-15(14)20/h3,5-9,13,16H,4,10-12H2,1-2H3,(H,21,26)(H,22,25)/b5-3+/t13-,16-/m0/s1. The third kappa shape index (κ3) is 4.85. The lowest BCUT2D eigenvalue weighted by Crippen LogP contribution is -2.45. The quantitative estimate of drug-likeness (QED) is 0.745. The molecule has 2 atom stereocenters. The maximum absolute atomic E-state index is 12.5. The van der Waals surface area contributed by atoms with Crippen molar-refractivity contribution in [1.82, 2.24) is 15.5 Å². The van der Waals surface area contributed by atoms with Gasteiger partial charge in [0.25, 0.3) is 5.91 Å². The van der Waals surface area contributed by atoms with Crippen molar-refractivity contribution in [3.05, 3.63) is 47.0 Å². The van der Waals surface area contributed by atoms with Gasteiger partial charge in [0.2, 0.25) is 11.8 Å². The molecule has 1 fully saturated rings. The molecule has 0 aliphatic carbocycles. The highest BCUT2D eigenvalue weighted by molar-refractivity contribution is 6.33. The summed E-state index contributed by atoms with van der Waals surface area (Å²) >= 11 is 6.06. The van der Waals surface area contributed by atoms with Gasteiger partial charge in [0.1, 0.15) is 6.04 Å². The number of rotatable bonds is 6. The zero-order chi connectivity index (χ0) is 19.1. The number of carbonyl (C=O) groups is 3. The number of hydrogen-bond acceptors (Lipinski definition) is 3. The molecule has 2 N–H and O–H groups in total. The maximum atomic E-state index is 12.5. The van der Waals surface area contributed by atoms with Crippen LogP contribution >= 0.6 is 11.6 Å². The molecule has 2 rings (SSSR count). The molecule has 0 unspecified atom stereocenters. The summed E-state index contributed by atoms with van der Waals surface area (Å²) in [5, 5.41) is 6.01. The highest BCUT2D eigenvalue weighted by Crippen LogP contribution is 2.21. The van der Waals surface area contributed by atoms with Gasteiger partial charge in [-0.15, -0.1) is 0 Å². The van der Waals surface area contributed by atoms with Gasteiger partial charge in [0.15, 0.2) is 0 Å². The highest BCUT2D eigenvalue weighted by Gasteiger charge is 2.39. The van der Waals surface area contributed by atoms with Crippen LogP contribution in [-0.4, -0.2) is 47.8 Å². The van der Waals surface area contributed by atoms with Crippen molar-refractivity contribution in [2.45, 2.75) is 38.8 Å². The summed E-state index contributed by atoms with van der Waals surface area (Å²) in [5.41, 5.74) is 0.377. The third-order valence-electron chi connectivity index (χ3n) is 4.26. The van der Waals surface area contributed by atoms with Crippen LogP contribution in [0.25, 0.3) is 0 Å². The fourth-order valence-electron chi connectivity index (χ4n) is 3.00. The van der Waals surface area contributed by atoms with Crippen LogP contribution in [0.2, 0.25) is 5.02 Å². The van der Waals surface area contributed by atoms with Gasteiger partial charge in [-0.25, -0.2) is 0 Å². The first kappa shape index (κ1) is 20.0. The van der Waals surface area contributed by atoms with E-state index in [4.69, 9.17) is 11.6 Å². The fraction of sp³-hybridized carbons (Fsp3) is 0.421. The topological polar surface area (TPSA) is 78.5 Å². The number of carbonyl (C=O) groups excluding carboxylic acids is 3. The molecule has 1 aromatic rings. The molecule has 3 amide bonds. The summed E-state index contributed by atoms with van der Waals surface area (Å²) in [6.45, 7) is 4.46. The van der Waals surface area contributed by atoms with Crippen LogP contribution in [0.15, 0.2) is 36.4 Å². The average Bonchev–Trinajstić information content (AvgIpc) is 3.04. The predicted octanol–water partition coefficient (Wildman–Crippen LogP) is 2.14. The number of likely N-dealkylation sites (tertiary alicyclic amines) is 1. The Morgan fingerprint density at radius 2 is 2.04 bits per heavy atom. The lowest BCUT2D eigenvalue weighted by atomic mass is 10.1. The van der Waals surface area contributed by atoms with Crippen LogP contribution in [0.4, 0.5) is 0 Å². The van der Waals surface area contributed by atoms with Gasteiger partial charge in [-0.3, -0.25) is 14.4 Å². The lowest BCUT2D eigenvalue weighted by Gasteiger charge is -2.23. The van der Waals surface area contributed by atoms with E-state index in [-0.39, 0.29) is 30.2 Å². The second-order valence-electron chi connectivity index (χ2n) is 6.12. The molecule has 0 spiro atoms. The molecular weight excluding hydrogens is 354 g/mol. The molecule has 140 valence electrons. The third-order valence-corrected chi connectivity index (χ3v) is 4.59. The number of halogens is 1. The molecule has 7 heteroatoms. The zero-order valence-corrected chi connectivity index (χ0v) is 15.8. The summed E-state index contributed by atoms with van der Waals surface area (Å²) in [6, 6.07) is 5.89. The van der Waals surface area contributed by atoms with Crippen molar-refractivity contribution < 1.29 is 14.4 Å². The Balaban J connectivity index is 2.10. The van der Waals surface area contributed by atoms with E-state index in [1.807, 2.05) is 13.8 Å². The lowest BCUT2D eigenvalue weighted by molar-refractivity contribution is -0.137. The first-order valence-corrected chi connectivity index (χ1v) is 9.09. The number of nitrogens with zero attached hydrogens (tertiary/aromatic N) is 1. The van der Waals surface area contributed by atoms with Crippen LogP contribution in [0.5, 0.6) is 0 Å². The molecule has 0 aromatic heterocycles. The predicted molar refractivity (Wildman–Crippen MR) is 101 cm³/mol. The number of benzene rings is 1. The number of amides is 3. The van der Waals surface area contributed by atoms with Crippen molar-refractivity contribution >= 4 is 29.3 Å². The van der Waals surface area contributed by atoms with Gasteiger partial charge >= 0.3 is 0 Å². The molecule has 1 aliphatic rings. The molecule has 1 aliphatic heterocycles. The maximum Gasteiger partial charge on any atom is 0.253 e. The minimum Gasteiger partial charge on any atom is -0.355 e. The van der Waals surface area contributed by atoms with Gasteiger partial charge < -0.3 is 15.5 Å². The monoisotopic (exact) mass is 377 g/mol. The van der Waals surface area contributed by atoms with E-state index in [0.29, 0.717) is 30.1 Å². The van der Waals surface area contributed by atoms with E-state index in [0.717, 1.165) is 0 Å². The van der Waals surface area contributed by atoms with Crippen LogP contribution in [0.1, 0.15) is 37.0 Å². The second-order valence-corrected chi connectivity index (χ2v) is 6.52. The minimum absolute atomic E-state index is 0.131. The molecule has 0 saturated carbocycles. The molecule has 0 bridgehead atoms. The van der Waals surface area contributed by atoms with E-state index in [1.165, 1.54) is 0 Å². The van der Waals surface area contributed by atoms with Gasteiger partial charge in [0, 0.05) is 25.6 Å². The second kappa shape index (κ2) is 9.38. The van der Waals surface area contributed by atoms with Crippen molar-refractivity contribution in [2.24, 2.45) is 0 Å². The largest absolute Gasteiger partial charge is 0.355 e. The summed E-state index contributed by atoms with van der Waals surface area (Å²) in [6.07, 6.45) is 4.17. The van der Waals surface area contributed by atoms with E-state index in [9.17, 15) is 14.4 Å². The molecule has 1 aromatic carbocycles. The van der Waals surface area contributed by atoms with Gasteiger partial charge in [-0.1, -0.05) is 35.9 Å². The summed E-state index contributed by atoms with van der Waals surface area (Å²) in [5.74, 6) is -0.636. The zero-order valence-electron chi connectivity index (χ0n) is 15.0. The fourth-order valence-corrected chi connectivity index (χ4v) is 3.22. The van der Waals surface area contributed by atoms with Gasteiger partial charge in [-0.2, -0.15) is 0 Å². The number of likely N-dealkylation sites (N-methyl/N-ethyl adjacent to an activating group) is 1. The first-order valence-electron chi connectivity index (χ1n) is 8.71. The number of allylic oxidation sites excluding steroid dienone is 1. The average molecular weight is 378 g/mol. The van der Waals surface area contributed by atoms with E-state index < -0.39 is 6.04 Å². The molecule has 0 radical (unpaired) electrons.